The zero-order valence-corrected chi connectivity index (χ0v) is 13.5. The summed E-state index contributed by atoms with van der Waals surface area (Å²) in [7, 11) is 0. The quantitative estimate of drug-likeness (QED) is 0.738. The molecule has 1 amide bonds. The van der Waals surface area contributed by atoms with Gasteiger partial charge in [0.15, 0.2) is 0 Å². The molecule has 2 fully saturated rings. The predicted molar refractivity (Wildman–Crippen MR) is 83.8 cm³/mol. The molecule has 0 aromatic heterocycles. The van der Waals surface area contributed by atoms with Crippen LogP contribution < -0.4 is 0 Å². The van der Waals surface area contributed by atoms with Gasteiger partial charge in [-0.05, 0) is 50.7 Å². The molecule has 0 N–H and O–H groups in total. The van der Waals surface area contributed by atoms with Gasteiger partial charge in [-0.25, -0.2) is 4.39 Å². The van der Waals surface area contributed by atoms with Crippen LogP contribution in [0.2, 0.25) is 0 Å². The van der Waals surface area contributed by atoms with Crippen LogP contribution in [0.5, 0.6) is 0 Å². The Balaban J connectivity index is 1.71. The number of halogens is 1. The molecule has 2 rings (SSSR count). The van der Waals surface area contributed by atoms with Gasteiger partial charge in [-0.1, -0.05) is 12.8 Å². The lowest BCUT2D eigenvalue weighted by molar-refractivity contribution is -0.131. The molecule has 2 nitrogen and oxygen atoms in total. The van der Waals surface area contributed by atoms with Crippen molar-refractivity contribution in [2.24, 2.45) is 5.92 Å². The van der Waals surface area contributed by atoms with Crippen LogP contribution in [0.4, 0.5) is 4.39 Å². The van der Waals surface area contributed by atoms with Gasteiger partial charge in [0.1, 0.15) is 6.17 Å². The lowest BCUT2D eigenvalue weighted by Crippen LogP contribution is -2.36. The van der Waals surface area contributed by atoms with E-state index in [4.69, 9.17) is 0 Å². The summed E-state index contributed by atoms with van der Waals surface area (Å²) >= 11 is 2.01. The van der Waals surface area contributed by atoms with Gasteiger partial charge in [-0.2, -0.15) is 11.8 Å². The molecule has 0 bridgehead atoms. The molecule has 0 spiro atoms. The lowest BCUT2D eigenvalue weighted by Gasteiger charge is -2.27. The van der Waals surface area contributed by atoms with Crippen molar-refractivity contribution >= 4 is 17.7 Å². The minimum atomic E-state index is -0.624. The fraction of sp³-hybridized carbons (Fsp3) is 0.938. The summed E-state index contributed by atoms with van der Waals surface area (Å²) in [5, 5.41) is 0.642. The van der Waals surface area contributed by atoms with Crippen molar-refractivity contribution in [3.05, 3.63) is 0 Å². The van der Waals surface area contributed by atoms with Gasteiger partial charge in [-0.3, -0.25) is 4.79 Å². The van der Waals surface area contributed by atoms with Crippen LogP contribution in [-0.4, -0.2) is 41.1 Å². The predicted octanol–water partition coefficient (Wildman–Crippen LogP) is 4.04. The van der Waals surface area contributed by atoms with Crippen LogP contribution in [0.25, 0.3) is 0 Å². The van der Waals surface area contributed by atoms with Crippen molar-refractivity contribution in [1.82, 2.24) is 4.90 Å². The molecular formula is C16H28FNOS. The minimum absolute atomic E-state index is 0.279. The summed E-state index contributed by atoms with van der Waals surface area (Å²) in [5.74, 6) is 1.96. The summed E-state index contributed by atoms with van der Waals surface area (Å²) in [4.78, 5) is 14.3. The molecule has 1 aliphatic carbocycles. The molecule has 2 aliphatic rings. The molecule has 1 saturated carbocycles. The van der Waals surface area contributed by atoms with Gasteiger partial charge in [0, 0.05) is 24.8 Å². The summed E-state index contributed by atoms with van der Waals surface area (Å²) in [6.07, 6.45) is 6.93. The van der Waals surface area contributed by atoms with Crippen molar-refractivity contribution in [2.75, 3.05) is 18.8 Å². The highest BCUT2D eigenvalue weighted by atomic mass is 32.2. The summed E-state index contributed by atoms with van der Waals surface area (Å²) in [5.41, 5.74) is 0. The zero-order chi connectivity index (χ0) is 14.4. The van der Waals surface area contributed by atoms with Crippen LogP contribution in [0, 0.1) is 5.92 Å². The Hall–Kier alpha value is -0.250. The molecular weight excluding hydrogens is 273 g/mol. The Bertz CT molecular complexity index is 307. The van der Waals surface area contributed by atoms with Gasteiger partial charge in [0.25, 0.3) is 0 Å². The highest BCUT2D eigenvalue weighted by Crippen LogP contribution is 2.30. The van der Waals surface area contributed by atoms with E-state index in [-0.39, 0.29) is 5.91 Å². The molecule has 1 aliphatic heterocycles. The van der Waals surface area contributed by atoms with Crippen LogP contribution >= 0.6 is 11.8 Å². The van der Waals surface area contributed by atoms with Crippen molar-refractivity contribution < 1.29 is 9.18 Å². The number of carbonyl (C=O) groups excluding carboxylic acids is 1. The summed E-state index contributed by atoms with van der Waals surface area (Å²) in [6.45, 7) is 3.79. The van der Waals surface area contributed by atoms with E-state index in [1.807, 2.05) is 16.7 Å². The van der Waals surface area contributed by atoms with E-state index in [1.165, 1.54) is 18.6 Å². The molecule has 0 aromatic rings. The SMILES string of the molecule is CCN(CC1CCCS1)C(=O)CCC1CCCC(F)C1. The normalized spacial score (nSPS) is 30.4. The lowest BCUT2D eigenvalue weighted by atomic mass is 9.85. The number of hydrogen-bond acceptors (Lipinski definition) is 2. The molecule has 0 radical (unpaired) electrons. The second kappa shape index (κ2) is 8.26. The number of thioether (sulfide) groups is 1. The van der Waals surface area contributed by atoms with Gasteiger partial charge < -0.3 is 4.90 Å². The van der Waals surface area contributed by atoms with Crippen LogP contribution in [0.1, 0.15) is 58.3 Å². The number of carbonyl (C=O) groups is 1. The van der Waals surface area contributed by atoms with Crippen LogP contribution in [0.15, 0.2) is 0 Å². The number of rotatable bonds is 6. The maximum Gasteiger partial charge on any atom is 0.222 e. The molecule has 4 heteroatoms. The topological polar surface area (TPSA) is 20.3 Å². The fourth-order valence-corrected chi connectivity index (χ4v) is 4.70. The Morgan fingerprint density at radius 1 is 1.30 bits per heavy atom. The molecule has 3 unspecified atom stereocenters. The first-order chi connectivity index (χ1) is 9.69. The molecule has 0 aromatic carbocycles. The summed E-state index contributed by atoms with van der Waals surface area (Å²) < 4.78 is 13.4. The second-order valence-electron chi connectivity index (χ2n) is 6.24. The van der Waals surface area contributed by atoms with Crippen LogP contribution in [0.3, 0.4) is 0 Å². The maximum atomic E-state index is 13.4. The number of alkyl halides is 1. The highest BCUT2D eigenvalue weighted by molar-refractivity contribution is 8.00. The van der Waals surface area contributed by atoms with Gasteiger partial charge in [0.2, 0.25) is 5.91 Å². The summed E-state index contributed by atoms with van der Waals surface area (Å²) in [6, 6.07) is 0. The third kappa shape index (κ3) is 4.94. The molecule has 1 saturated heterocycles. The van der Waals surface area contributed by atoms with E-state index in [9.17, 15) is 9.18 Å². The first-order valence-electron chi connectivity index (χ1n) is 8.22. The smallest absolute Gasteiger partial charge is 0.222 e. The molecule has 3 atom stereocenters. The Morgan fingerprint density at radius 3 is 2.80 bits per heavy atom. The standard InChI is InChI=1S/C16H28FNOS/c1-2-18(12-15-7-4-10-20-15)16(19)9-8-13-5-3-6-14(17)11-13/h13-15H,2-12H2,1H3. The first-order valence-corrected chi connectivity index (χ1v) is 9.27. The van der Waals surface area contributed by atoms with E-state index in [0.29, 0.717) is 24.0 Å². The van der Waals surface area contributed by atoms with E-state index in [1.54, 1.807) is 0 Å². The van der Waals surface area contributed by atoms with Crippen molar-refractivity contribution in [3.8, 4) is 0 Å². The number of nitrogens with zero attached hydrogens (tertiary/aromatic N) is 1. The third-order valence-electron chi connectivity index (χ3n) is 4.67. The number of amides is 1. The van der Waals surface area contributed by atoms with E-state index >= 15 is 0 Å². The largest absolute Gasteiger partial charge is 0.342 e. The van der Waals surface area contributed by atoms with Gasteiger partial charge >= 0.3 is 0 Å². The molecule has 20 heavy (non-hydrogen) atoms. The van der Waals surface area contributed by atoms with Crippen molar-refractivity contribution in [2.45, 2.75) is 69.7 Å². The maximum absolute atomic E-state index is 13.4. The van der Waals surface area contributed by atoms with Gasteiger partial charge in [-0.15, -0.1) is 0 Å². The average molecular weight is 301 g/mol. The van der Waals surface area contributed by atoms with E-state index in [2.05, 4.69) is 6.92 Å². The highest BCUT2D eigenvalue weighted by Gasteiger charge is 2.24. The third-order valence-corrected chi connectivity index (χ3v) is 6.05. The Labute approximate surface area is 126 Å². The second-order valence-corrected chi connectivity index (χ2v) is 7.64. The van der Waals surface area contributed by atoms with Gasteiger partial charge in [0.05, 0.1) is 0 Å². The average Bonchev–Trinajstić information content (AvgIpc) is 2.95. The van der Waals surface area contributed by atoms with Crippen LogP contribution in [-0.2, 0) is 4.79 Å². The number of hydrogen-bond donors (Lipinski definition) is 0. The fourth-order valence-electron chi connectivity index (χ4n) is 3.41. The van der Waals surface area contributed by atoms with Crippen molar-refractivity contribution in [1.29, 1.82) is 0 Å². The monoisotopic (exact) mass is 301 g/mol. The van der Waals surface area contributed by atoms with E-state index in [0.717, 1.165) is 38.8 Å². The van der Waals surface area contributed by atoms with Crippen molar-refractivity contribution in [3.63, 3.8) is 0 Å². The zero-order valence-electron chi connectivity index (χ0n) is 12.7. The van der Waals surface area contributed by atoms with E-state index < -0.39 is 6.17 Å². The molecule has 1 heterocycles. The minimum Gasteiger partial charge on any atom is -0.342 e. The molecule has 116 valence electrons. The first kappa shape index (κ1) is 16.1. The Kier molecular flexibility index (Phi) is 6.66. The Morgan fingerprint density at radius 2 is 2.15 bits per heavy atom.